The quantitative estimate of drug-likeness (QED) is 0.637. The van der Waals surface area contributed by atoms with E-state index in [2.05, 4.69) is 18.5 Å². The number of nitrogens with zero attached hydrogens (tertiary/aromatic N) is 3. The Bertz CT molecular complexity index is 1360. The maximum Gasteiger partial charge on any atom is 0.271 e. The number of ether oxygens (including phenoxy) is 1. The lowest BCUT2D eigenvalue weighted by Crippen LogP contribution is -2.42. The minimum Gasteiger partial charge on any atom is -0.482 e. The minimum atomic E-state index is -0.645. The predicted molar refractivity (Wildman–Crippen MR) is 138 cm³/mol. The van der Waals surface area contributed by atoms with Gasteiger partial charge in [0.1, 0.15) is 11.4 Å². The molecule has 3 aliphatic rings. The number of fused-ring (bicyclic) bond motifs is 2. The monoisotopic (exact) mass is 500 g/mol. The molecule has 0 atom stereocenters. The Morgan fingerprint density at radius 2 is 1.73 bits per heavy atom. The molecule has 2 aromatic carbocycles. The summed E-state index contributed by atoms with van der Waals surface area (Å²) in [6.45, 7) is 8.96. The molecule has 0 bridgehead atoms. The molecule has 3 aliphatic heterocycles. The average molecular weight is 501 g/mol. The topological polar surface area (TPSA) is 99.3 Å². The first-order chi connectivity index (χ1) is 17.8. The number of hydrogen-bond donors (Lipinski definition) is 1. The van der Waals surface area contributed by atoms with Gasteiger partial charge in [0.15, 0.2) is 6.61 Å². The number of carbonyl (C=O) groups excluding carboxylic acids is 4. The lowest BCUT2D eigenvalue weighted by atomic mass is 9.96. The average Bonchev–Trinajstić information content (AvgIpc) is 3.26. The van der Waals surface area contributed by atoms with Crippen molar-refractivity contribution in [3.8, 4) is 16.9 Å². The zero-order valence-corrected chi connectivity index (χ0v) is 20.7. The van der Waals surface area contributed by atoms with Gasteiger partial charge >= 0.3 is 0 Å². The van der Waals surface area contributed by atoms with Gasteiger partial charge in [0.05, 0.1) is 17.9 Å². The molecule has 37 heavy (non-hydrogen) atoms. The Hall–Kier alpha value is -4.40. The SMILES string of the molecule is C=C(NC(=O)C(=C)N1Cc2c(cccc2-c2ccc3c(c2)OCC(=O)N3C)C1=O)C(=O)N1CCCCC1. The van der Waals surface area contributed by atoms with Crippen molar-refractivity contribution in [1.29, 1.82) is 0 Å². The van der Waals surface area contributed by atoms with Crippen molar-refractivity contribution < 1.29 is 23.9 Å². The second kappa shape index (κ2) is 9.57. The van der Waals surface area contributed by atoms with Gasteiger partial charge < -0.3 is 19.9 Å². The number of piperidine rings is 1. The molecule has 1 fully saturated rings. The number of rotatable bonds is 5. The Balaban J connectivity index is 1.33. The van der Waals surface area contributed by atoms with E-state index < -0.39 is 5.91 Å². The Morgan fingerprint density at radius 1 is 1.00 bits per heavy atom. The van der Waals surface area contributed by atoms with Gasteiger partial charge in [0.2, 0.25) is 0 Å². The molecule has 1 saturated heterocycles. The zero-order chi connectivity index (χ0) is 26.3. The molecule has 0 aliphatic carbocycles. The summed E-state index contributed by atoms with van der Waals surface area (Å²) in [5.74, 6) is -0.850. The van der Waals surface area contributed by atoms with Crippen LogP contribution >= 0.6 is 0 Å². The first-order valence-corrected chi connectivity index (χ1v) is 12.2. The van der Waals surface area contributed by atoms with Crippen molar-refractivity contribution in [2.75, 3.05) is 31.6 Å². The van der Waals surface area contributed by atoms with Crippen LogP contribution in [0.15, 0.2) is 61.0 Å². The molecule has 0 unspecified atom stereocenters. The molecule has 0 spiro atoms. The van der Waals surface area contributed by atoms with Crippen molar-refractivity contribution in [2.45, 2.75) is 25.8 Å². The van der Waals surface area contributed by atoms with Gasteiger partial charge in [-0.2, -0.15) is 0 Å². The molecule has 3 heterocycles. The molecule has 2 aromatic rings. The van der Waals surface area contributed by atoms with E-state index in [1.54, 1.807) is 29.0 Å². The fourth-order valence-corrected chi connectivity index (χ4v) is 4.94. The van der Waals surface area contributed by atoms with Gasteiger partial charge in [-0.3, -0.25) is 24.1 Å². The predicted octanol–water partition coefficient (Wildman–Crippen LogP) is 2.82. The van der Waals surface area contributed by atoms with Crippen LogP contribution in [0.5, 0.6) is 5.75 Å². The molecule has 9 nitrogen and oxygen atoms in total. The van der Waals surface area contributed by atoms with Gasteiger partial charge in [-0.15, -0.1) is 0 Å². The first-order valence-electron chi connectivity index (χ1n) is 12.2. The fourth-order valence-electron chi connectivity index (χ4n) is 4.94. The second-order valence-corrected chi connectivity index (χ2v) is 9.38. The summed E-state index contributed by atoms with van der Waals surface area (Å²) in [4.78, 5) is 55.2. The summed E-state index contributed by atoms with van der Waals surface area (Å²) in [6, 6.07) is 10.9. The molecule has 0 aromatic heterocycles. The highest BCUT2D eigenvalue weighted by Gasteiger charge is 2.34. The molecule has 9 heteroatoms. The standard InChI is InChI=1S/C28H28N4O5/c1-17(27(35)31-12-5-4-6-13-31)29-26(34)18(2)32-15-22-20(8-7-9-21(22)28(32)36)19-10-11-23-24(14-19)37-16-25(33)30(23)3/h7-11,14H,1-2,4-6,12-13,15-16H2,3H3,(H,29,34). The number of nitrogens with one attached hydrogen (secondary N) is 1. The summed E-state index contributed by atoms with van der Waals surface area (Å²) in [6.07, 6.45) is 2.93. The van der Waals surface area contributed by atoms with E-state index in [9.17, 15) is 19.2 Å². The number of carbonyl (C=O) groups is 4. The van der Waals surface area contributed by atoms with Gasteiger partial charge in [-0.25, -0.2) is 0 Å². The maximum absolute atomic E-state index is 13.2. The van der Waals surface area contributed by atoms with Crippen LogP contribution in [0.3, 0.4) is 0 Å². The maximum atomic E-state index is 13.2. The first kappa shape index (κ1) is 24.3. The third kappa shape index (κ3) is 4.37. The van der Waals surface area contributed by atoms with Crippen molar-refractivity contribution in [1.82, 2.24) is 15.1 Å². The summed E-state index contributed by atoms with van der Waals surface area (Å²) >= 11 is 0. The molecule has 5 rings (SSSR count). The molecule has 4 amide bonds. The molecule has 0 radical (unpaired) electrons. The Kier molecular flexibility index (Phi) is 6.29. The van der Waals surface area contributed by atoms with Crippen LogP contribution in [0.2, 0.25) is 0 Å². The summed E-state index contributed by atoms with van der Waals surface area (Å²) in [5.41, 5.74) is 3.45. The van der Waals surface area contributed by atoms with E-state index in [-0.39, 0.29) is 42.3 Å². The summed E-state index contributed by atoms with van der Waals surface area (Å²) in [5, 5.41) is 2.52. The van der Waals surface area contributed by atoms with Gasteiger partial charge in [-0.05, 0) is 54.2 Å². The van der Waals surface area contributed by atoms with Crippen LogP contribution in [-0.2, 0) is 20.9 Å². The van der Waals surface area contributed by atoms with Gasteiger partial charge in [0.25, 0.3) is 23.6 Å². The number of likely N-dealkylation sites (tertiary alicyclic amines) is 1. The molecule has 0 saturated carbocycles. The van der Waals surface area contributed by atoms with Gasteiger partial charge in [-0.1, -0.05) is 31.4 Å². The van der Waals surface area contributed by atoms with E-state index >= 15 is 0 Å². The second-order valence-electron chi connectivity index (χ2n) is 9.38. The van der Waals surface area contributed by atoms with Crippen LogP contribution in [-0.4, -0.2) is 60.2 Å². The lowest BCUT2D eigenvalue weighted by Gasteiger charge is -2.27. The number of likely N-dealkylation sites (N-methyl/N-ethyl adjacent to an activating group) is 1. The van der Waals surface area contributed by atoms with Crippen molar-refractivity contribution in [3.05, 3.63) is 72.1 Å². The van der Waals surface area contributed by atoms with E-state index in [0.29, 0.717) is 30.1 Å². The molecule has 1 N–H and O–H groups in total. The number of amides is 4. The lowest BCUT2D eigenvalue weighted by molar-refractivity contribution is -0.130. The van der Waals surface area contributed by atoms with E-state index in [1.807, 2.05) is 24.3 Å². The third-order valence-electron chi connectivity index (χ3n) is 7.08. The molecular weight excluding hydrogens is 472 g/mol. The van der Waals surface area contributed by atoms with Crippen molar-refractivity contribution >= 4 is 29.3 Å². The van der Waals surface area contributed by atoms with Crippen molar-refractivity contribution in [2.24, 2.45) is 0 Å². The smallest absolute Gasteiger partial charge is 0.271 e. The van der Waals surface area contributed by atoms with Crippen LogP contribution in [0, 0.1) is 0 Å². The van der Waals surface area contributed by atoms with Crippen LogP contribution in [0.1, 0.15) is 35.2 Å². The largest absolute Gasteiger partial charge is 0.482 e. The summed E-state index contributed by atoms with van der Waals surface area (Å²) < 4.78 is 5.62. The van der Waals surface area contributed by atoms with Crippen LogP contribution < -0.4 is 15.0 Å². The third-order valence-corrected chi connectivity index (χ3v) is 7.08. The Labute approximate surface area is 215 Å². The van der Waals surface area contributed by atoms with Crippen LogP contribution in [0.25, 0.3) is 11.1 Å². The highest BCUT2D eigenvalue weighted by molar-refractivity contribution is 6.08. The minimum absolute atomic E-state index is 0.0320. The normalized spacial score (nSPS) is 16.6. The van der Waals surface area contributed by atoms with E-state index in [4.69, 9.17) is 4.74 Å². The summed E-state index contributed by atoms with van der Waals surface area (Å²) in [7, 11) is 1.70. The highest BCUT2D eigenvalue weighted by Crippen LogP contribution is 2.39. The van der Waals surface area contributed by atoms with E-state index in [1.165, 1.54) is 4.90 Å². The molecular formula is C28H28N4O5. The highest BCUT2D eigenvalue weighted by atomic mass is 16.5. The molecule has 190 valence electrons. The van der Waals surface area contributed by atoms with E-state index in [0.717, 1.165) is 36.0 Å². The number of anilines is 1. The number of hydrogen-bond acceptors (Lipinski definition) is 5. The van der Waals surface area contributed by atoms with Crippen molar-refractivity contribution in [3.63, 3.8) is 0 Å². The zero-order valence-electron chi connectivity index (χ0n) is 20.7. The Morgan fingerprint density at radius 3 is 2.49 bits per heavy atom. The van der Waals surface area contributed by atoms with Gasteiger partial charge in [0, 0.05) is 25.7 Å². The number of benzene rings is 2. The fraction of sp³-hybridized carbons (Fsp3) is 0.286. The van der Waals surface area contributed by atoms with Crippen LogP contribution in [0.4, 0.5) is 5.69 Å².